The van der Waals surface area contributed by atoms with Crippen molar-refractivity contribution in [3.05, 3.63) is 29.3 Å². The molecule has 0 radical (unpaired) electrons. The highest BCUT2D eigenvalue weighted by atomic mass is 16.3. The summed E-state index contributed by atoms with van der Waals surface area (Å²) < 4.78 is 0. The maximum Gasteiger partial charge on any atom is 0.253 e. The van der Waals surface area contributed by atoms with Crippen molar-refractivity contribution in [2.45, 2.75) is 20.8 Å². The summed E-state index contributed by atoms with van der Waals surface area (Å²) in [6, 6.07) is 4.88. The van der Waals surface area contributed by atoms with Crippen LogP contribution >= 0.6 is 0 Å². The van der Waals surface area contributed by atoms with Gasteiger partial charge in [-0.15, -0.1) is 0 Å². The Labute approximate surface area is 108 Å². The van der Waals surface area contributed by atoms with Crippen LogP contribution in [0, 0.1) is 12.3 Å². The summed E-state index contributed by atoms with van der Waals surface area (Å²) in [6.07, 6.45) is 0. The lowest BCUT2D eigenvalue weighted by atomic mass is 9.93. The highest BCUT2D eigenvalue weighted by Crippen LogP contribution is 2.19. The third-order valence-corrected chi connectivity index (χ3v) is 3.01. The zero-order valence-electron chi connectivity index (χ0n) is 11.5. The van der Waals surface area contributed by atoms with Crippen molar-refractivity contribution in [1.82, 2.24) is 4.90 Å². The van der Waals surface area contributed by atoms with Gasteiger partial charge in [-0.25, -0.2) is 0 Å². The van der Waals surface area contributed by atoms with Gasteiger partial charge in [-0.1, -0.05) is 13.8 Å². The number of nitrogens with zero attached hydrogens (tertiary/aromatic N) is 1. The van der Waals surface area contributed by atoms with Crippen molar-refractivity contribution in [3.63, 3.8) is 0 Å². The van der Waals surface area contributed by atoms with Gasteiger partial charge in [0.25, 0.3) is 5.91 Å². The Balaban J connectivity index is 2.83. The molecule has 0 aromatic heterocycles. The van der Waals surface area contributed by atoms with Crippen LogP contribution in [-0.4, -0.2) is 36.1 Å². The minimum absolute atomic E-state index is 0.0559. The predicted molar refractivity (Wildman–Crippen MR) is 72.6 cm³/mol. The third kappa shape index (κ3) is 3.47. The van der Waals surface area contributed by atoms with Crippen molar-refractivity contribution in [2.24, 2.45) is 11.1 Å². The summed E-state index contributed by atoms with van der Waals surface area (Å²) in [5.41, 5.74) is 6.85. The highest BCUT2D eigenvalue weighted by molar-refractivity contribution is 5.94. The number of nitrogens with two attached hydrogens (primary N) is 1. The minimum atomic E-state index is -0.101. The fourth-order valence-corrected chi connectivity index (χ4v) is 1.79. The second kappa shape index (κ2) is 5.40. The van der Waals surface area contributed by atoms with E-state index >= 15 is 0 Å². The second-order valence-corrected chi connectivity index (χ2v) is 5.53. The first-order valence-corrected chi connectivity index (χ1v) is 6.02. The fraction of sp³-hybridized carbons (Fsp3) is 0.500. The van der Waals surface area contributed by atoms with Gasteiger partial charge >= 0.3 is 0 Å². The molecule has 1 amide bonds. The smallest absolute Gasteiger partial charge is 0.253 e. The van der Waals surface area contributed by atoms with Gasteiger partial charge < -0.3 is 15.7 Å². The number of amides is 1. The number of phenols is 1. The van der Waals surface area contributed by atoms with Crippen LogP contribution in [0.15, 0.2) is 18.2 Å². The first kappa shape index (κ1) is 14.5. The first-order chi connectivity index (χ1) is 8.26. The first-order valence-electron chi connectivity index (χ1n) is 6.02. The Morgan fingerprint density at radius 3 is 2.56 bits per heavy atom. The molecule has 0 unspecified atom stereocenters. The summed E-state index contributed by atoms with van der Waals surface area (Å²) in [5, 5.41) is 9.45. The van der Waals surface area contributed by atoms with E-state index in [1.54, 1.807) is 37.1 Å². The molecule has 0 aliphatic carbocycles. The molecule has 0 bridgehead atoms. The summed E-state index contributed by atoms with van der Waals surface area (Å²) in [5.74, 6) is 0.149. The number of aryl methyl sites for hydroxylation is 1. The monoisotopic (exact) mass is 250 g/mol. The average Bonchev–Trinajstić information content (AvgIpc) is 2.31. The van der Waals surface area contributed by atoms with Gasteiger partial charge in [-0.05, 0) is 42.6 Å². The van der Waals surface area contributed by atoms with Crippen LogP contribution in [0.3, 0.4) is 0 Å². The molecule has 0 aliphatic rings. The second-order valence-electron chi connectivity index (χ2n) is 5.53. The largest absolute Gasteiger partial charge is 0.508 e. The van der Waals surface area contributed by atoms with E-state index in [1.807, 2.05) is 13.8 Å². The van der Waals surface area contributed by atoms with Crippen molar-refractivity contribution in [2.75, 3.05) is 20.1 Å². The maximum absolute atomic E-state index is 12.2. The lowest BCUT2D eigenvalue weighted by Gasteiger charge is -2.29. The quantitative estimate of drug-likeness (QED) is 0.855. The van der Waals surface area contributed by atoms with E-state index in [2.05, 4.69) is 0 Å². The molecular weight excluding hydrogens is 228 g/mol. The van der Waals surface area contributed by atoms with E-state index in [4.69, 9.17) is 5.73 Å². The highest BCUT2D eigenvalue weighted by Gasteiger charge is 2.22. The predicted octanol–water partition coefficient (Wildman–Crippen LogP) is 1.76. The minimum Gasteiger partial charge on any atom is -0.508 e. The van der Waals surface area contributed by atoms with Gasteiger partial charge in [0.15, 0.2) is 0 Å². The van der Waals surface area contributed by atoms with Crippen LogP contribution in [0.25, 0.3) is 0 Å². The van der Waals surface area contributed by atoms with Crippen LogP contribution in [-0.2, 0) is 0 Å². The summed E-state index contributed by atoms with van der Waals surface area (Å²) >= 11 is 0. The summed E-state index contributed by atoms with van der Waals surface area (Å²) in [6.45, 7) is 6.95. The van der Waals surface area contributed by atoms with E-state index in [-0.39, 0.29) is 17.1 Å². The molecule has 4 nitrogen and oxygen atoms in total. The normalized spacial score (nSPS) is 11.4. The molecule has 100 valence electrons. The number of carbonyl (C=O) groups is 1. The maximum atomic E-state index is 12.2. The number of benzene rings is 1. The Morgan fingerprint density at radius 2 is 2.06 bits per heavy atom. The van der Waals surface area contributed by atoms with Gasteiger partial charge in [-0.3, -0.25) is 4.79 Å². The van der Waals surface area contributed by atoms with Crippen molar-refractivity contribution in [1.29, 1.82) is 0 Å². The molecule has 0 saturated carbocycles. The Bertz CT molecular complexity index is 441. The molecule has 0 heterocycles. The number of hydrogen-bond acceptors (Lipinski definition) is 3. The van der Waals surface area contributed by atoms with Crippen molar-refractivity contribution < 1.29 is 9.90 Å². The Hall–Kier alpha value is -1.55. The van der Waals surface area contributed by atoms with Gasteiger partial charge in [0.2, 0.25) is 0 Å². The topological polar surface area (TPSA) is 66.6 Å². The molecule has 3 N–H and O–H groups in total. The van der Waals surface area contributed by atoms with Gasteiger partial charge in [0.05, 0.1) is 0 Å². The van der Waals surface area contributed by atoms with E-state index in [0.717, 1.165) is 0 Å². The SMILES string of the molecule is Cc1cc(C(=O)N(C)CC(C)(C)CN)ccc1O. The van der Waals surface area contributed by atoms with E-state index in [9.17, 15) is 9.90 Å². The zero-order chi connectivity index (χ0) is 13.9. The fourth-order valence-electron chi connectivity index (χ4n) is 1.79. The molecule has 1 aromatic rings. The van der Waals surface area contributed by atoms with Gasteiger partial charge in [-0.2, -0.15) is 0 Å². The number of hydrogen-bond donors (Lipinski definition) is 2. The Kier molecular flexibility index (Phi) is 4.35. The van der Waals surface area contributed by atoms with Crippen LogP contribution in [0.4, 0.5) is 0 Å². The lowest BCUT2D eigenvalue weighted by molar-refractivity contribution is 0.0740. The average molecular weight is 250 g/mol. The van der Waals surface area contributed by atoms with Crippen LogP contribution in [0.5, 0.6) is 5.75 Å². The molecule has 0 spiro atoms. The third-order valence-electron chi connectivity index (χ3n) is 3.01. The van der Waals surface area contributed by atoms with E-state index < -0.39 is 0 Å². The number of carbonyl (C=O) groups excluding carboxylic acids is 1. The lowest BCUT2D eigenvalue weighted by Crippen LogP contribution is -2.39. The van der Waals surface area contributed by atoms with Crippen LogP contribution in [0.2, 0.25) is 0 Å². The van der Waals surface area contributed by atoms with E-state index in [0.29, 0.717) is 24.2 Å². The van der Waals surface area contributed by atoms with Crippen molar-refractivity contribution in [3.8, 4) is 5.75 Å². The number of rotatable bonds is 4. The van der Waals surface area contributed by atoms with E-state index in [1.165, 1.54) is 0 Å². The molecule has 0 saturated heterocycles. The van der Waals surface area contributed by atoms with Crippen LogP contribution in [0.1, 0.15) is 29.8 Å². The number of aromatic hydroxyl groups is 1. The van der Waals surface area contributed by atoms with Crippen LogP contribution < -0.4 is 5.73 Å². The molecule has 18 heavy (non-hydrogen) atoms. The zero-order valence-corrected chi connectivity index (χ0v) is 11.5. The van der Waals surface area contributed by atoms with Gasteiger partial charge in [0.1, 0.15) is 5.75 Å². The molecule has 4 heteroatoms. The molecule has 1 rings (SSSR count). The molecule has 0 fully saturated rings. The molecule has 0 aliphatic heterocycles. The molecular formula is C14H22N2O2. The Morgan fingerprint density at radius 1 is 1.44 bits per heavy atom. The van der Waals surface area contributed by atoms with Gasteiger partial charge in [0, 0.05) is 19.2 Å². The van der Waals surface area contributed by atoms with Crippen molar-refractivity contribution >= 4 is 5.91 Å². The molecule has 0 atom stereocenters. The number of phenolic OH excluding ortho intramolecular Hbond substituents is 1. The summed E-state index contributed by atoms with van der Waals surface area (Å²) in [7, 11) is 1.77. The standard InChI is InChI=1S/C14H22N2O2/c1-10-7-11(5-6-12(10)17)13(18)16(4)9-14(2,3)8-15/h5-7,17H,8-9,15H2,1-4H3. The summed E-state index contributed by atoms with van der Waals surface area (Å²) in [4.78, 5) is 13.9. The molecule has 1 aromatic carbocycles.